The van der Waals surface area contributed by atoms with Gasteiger partial charge in [0, 0.05) is 18.2 Å². The smallest absolute Gasteiger partial charge is 0.198 e. The molecule has 2 aromatic rings. The Morgan fingerprint density at radius 2 is 2.22 bits per heavy atom. The molecular weight excluding hydrogens is 230 g/mol. The normalized spacial score (nSPS) is 10.3. The number of carbonyl (C=O) groups excluding carboxylic acids is 1. The Kier molecular flexibility index (Phi) is 3.77. The van der Waals surface area contributed by atoms with Crippen molar-refractivity contribution in [1.29, 1.82) is 0 Å². The zero-order valence-corrected chi connectivity index (χ0v) is 10.5. The van der Waals surface area contributed by atoms with Gasteiger partial charge < -0.3 is 9.15 Å². The van der Waals surface area contributed by atoms with Crippen molar-refractivity contribution in [2.24, 2.45) is 0 Å². The lowest BCUT2D eigenvalue weighted by Crippen LogP contribution is -2.04. The Labute approximate surface area is 106 Å². The molecule has 0 fully saturated rings. The molecule has 0 unspecified atom stereocenters. The van der Waals surface area contributed by atoms with E-state index in [2.05, 4.69) is 4.98 Å². The molecule has 94 valence electrons. The molecule has 0 aromatic carbocycles. The molecule has 0 bridgehead atoms. The van der Waals surface area contributed by atoms with Gasteiger partial charge in [0.1, 0.15) is 11.5 Å². The fourth-order valence-electron chi connectivity index (χ4n) is 1.76. The van der Waals surface area contributed by atoms with Crippen molar-refractivity contribution in [3.63, 3.8) is 0 Å². The fraction of sp³-hybridized carbons (Fsp3) is 0.286. The number of aromatic nitrogens is 1. The van der Waals surface area contributed by atoms with E-state index in [0.717, 1.165) is 0 Å². The van der Waals surface area contributed by atoms with Gasteiger partial charge in [-0.3, -0.25) is 9.78 Å². The van der Waals surface area contributed by atoms with E-state index in [1.165, 1.54) is 12.5 Å². The molecule has 0 atom stereocenters. The molecule has 18 heavy (non-hydrogen) atoms. The van der Waals surface area contributed by atoms with Crippen molar-refractivity contribution in [1.82, 2.24) is 4.98 Å². The summed E-state index contributed by atoms with van der Waals surface area (Å²) in [7, 11) is 0. The van der Waals surface area contributed by atoms with E-state index in [0.29, 0.717) is 35.7 Å². The monoisotopic (exact) mass is 245 g/mol. The Morgan fingerprint density at radius 3 is 2.94 bits per heavy atom. The number of carbonyl (C=O) groups is 1. The van der Waals surface area contributed by atoms with Gasteiger partial charge in [0.15, 0.2) is 5.78 Å². The highest BCUT2D eigenvalue weighted by molar-refractivity contribution is 6.09. The molecule has 2 rings (SSSR count). The minimum atomic E-state index is -0.0883. The summed E-state index contributed by atoms with van der Waals surface area (Å²) in [6, 6.07) is 3.39. The largest absolute Gasteiger partial charge is 0.492 e. The molecule has 0 N–H and O–H groups in total. The number of hydrogen-bond donors (Lipinski definition) is 0. The van der Waals surface area contributed by atoms with Gasteiger partial charge in [0.05, 0.1) is 24.6 Å². The molecule has 0 radical (unpaired) electrons. The summed E-state index contributed by atoms with van der Waals surface area (Å²) < 4.78 is 10.6. The van der Waals surface area contributed by atoms with Crippen molar-refractivity contribution in [2.75, 3.05) is 6.61 Å². The lowest BCUT2D eigenvalue weighted by Gasteiger charge is -2.04. The van der Waals surface area contributed by atoms with E-state index < -0.39 is 0 Å². The molecule has 0 aliphatic heterocycles. The van der Waals surface area contributed by atoms with Crippen molar-refractivity contribution < 1.29 is 13.9 Å². The second-order valence-corrected chi connectivity index (χ2v) is 3.78. The van der Waals surface area contributed by atoms with Crippen molar-refractivity contribution in [3.05, 3.63) is 47.7 Å². The van der Waals surface area contributed by atoms with Crippen LogP contribution in [0.25, 0.3) is 0 Å². The molecule has 0 aliphatic rings. The van der Waals surface area contributed by atoms with Crippen molar-refractivity contribution in [3.8, 4) is 5.75 Å². The highest BCUT2D eigenvalue weighted by Gasteiger charge is 2.16. The molecule has 4 nitrogen and oxygen atoms in total. The van der Waals surface area contributed by atoms with Crippen LogP contribution in [-0.4, -0.2) is 17.4 Å². The van der Waals surface area contributed by atoms with Gasteiger partial charge in [-0.25, -0.2) is 0 Å². The summed E-state index contributed by atoms with van der Waals surface area (Å²) in [6.07, 6.45) is 5.35. The number of pyridine rings is 1. The van der Waals surface area contributed by atoms with Crippen molar-refractivity contribution in [2.45, 2.75) is 20.3 Å². The Bertz CT molecular complexity index is 545. The molecule has 0 saturated heterocycles. The standard InChI is InChI=1S/C14H15NO3/c1-3-13-12(5-6-18-13)14(16)10-7-11(17-4-2)9-15-8-10/h5-9H,3-4H2,1-2H3. The van der Waals surface area contributed by atoms with Crippen LogP contribution in [0.15, 0.2) is 35.2 Å². The van der Waals surface area contributed by atoms with Crippen LogP contribution in [0, 0.1) is 0 Å². The predicted octanol–water partition coefficient (Wildman–Crippen LogP) is 2.87. The van der Waals surface area contributed by atoms with E-state index in [4.69, 9.17) is 9.15 Å². The number of rotatable bonds is 5. The maximum atomic E-state index is 12.3. The minimum absolute atomic E-state index is 0.0883. The van der Waals surface area contributed by atoms with Crippen LogP contribution >= 0.6 is 0 Å². The predicted molar refractivity (Wildman–Crippen MR) is 66.9 cm³/mol. The molecule has 0 saturated carbocycles. The highest BCUT2D eigenvalue weighted by Crippen LogP contribution is 2.18. The van der Waals surface area contributed by atoms with Crippen molar-refractivity contribution >= 4 is 5.78 Å². The topological polar surface area (TPSA) is 52.3 Å². The SMILES string of the molecule is CCOc1cncc(C(=O)c2ccoc2CC)c1. The quantitative estimate of drug-likeness (QED) is 0.760. The average Bonchev–Trinajstić information content (AvgIpc) is 2.87. The zero-order valence-electron chi connectivity index (χ0n) is 10.5. The zero-order chi connectivity index (χ0) is 13.0. The molecule has 0 aliphatic carbocycles. The summed E-state index contributed by atoms with van der Waals surface area (Å²) >= 11 is 0. The van der Waals surface area contributed by atoms with E-state index in [9.17, 15) is 4.79 Å². The van der Waals surface area contributed by atoms with Crippen LogP contribution in [-0.2, 0) is 6.42 Å². The van der Waals surface area contributed by atoms with Crippen LogP contribution in [0.2, 0.25) is 0 Å². The number of ketones is 1. The summed E-state index contributed by atoms with van der Waals surface area (Å²) in [5.41, 5.74) is 1.10. The molecular formula is C14H15NO3. The lowest BCUT2D eigenvalue weighted by atomic mass is 10.0. The maximum absolute atomic E-state index is 12.3. The number of nitrogens with zero attached hydrogens (tertiary/aromatic N) is 1. The van der Waals surface area contributed by atoms with Gasteiger partial charge in [-0.1, -0.05) is 6.92 Å². The number of ether oxygens (including phenoxy) is 1. The summed E-state index contributed by atoms with van der Waals surface area (Å²) in [6.45, 7) is 4.38. The van der Waals surface area contributed by atoms with Crippen LogP contribution in [0.1, 0.15) is 35.5 Å². The molecule has 2 heterocycles. The first-order chi connectivity index (χ1) is 8.76. The van der Waals surface area contributed by atoms with Crippen LogP contribution in [0.5, 0.6) is 5.75 Å². The summed E-state index contributed by atoms with van der Waals surface area (Å²) in [5.74, 6) is 1.21. The van der Waals surface area contributed by atoms with Crippen LogP contribution in [0.4, 0.5) is 0 Å². The highest BCUT2D eigenvalue weighted by atomic mass is 16.5. The maximum Gasteiger partial charge on any atom is 0.198 e. The van der Waals surface area contributed by atoms with E-state index in [1.54, 1.807) is 18.3 Å². The second kappa shape index (κ2) is 5.49. The number of aryl methyl sites for hydroxylation is 1. The van der Waals surface area contributed by atoms with Gasteiger partial charge in [-0.05, 0) is 19.1 Å². The van der Waals surface area contributed by atoms with Gasteiger partial charge >= 0.3 is 0 Å². The molecule has 4 heteroatoms. The summed E-state index contributed by atoms with van der Waals surface area (Å²) in [4.78, 5) is 16.3. The first kappa shape index (κ1) is 12.4. The first-order valence-corrected chi connectivity index (χ1v) is 5.95. The van der Waals surface area contributed by atoms with E-state index >= 15 is 0 Å². The summed E-state index contributed by atoms with van der Waals surface area (Å²) in [5, 5.41) is 0. The van der Waals surface area contributed by atoms with E-state index in [-0.39, 0.29) is 5.78 Å². The Balaban J connectivity index is 2.31. The average molecular weight is 245 g/mol. The third-order valence-corrected chi connectivity index (χ3v) is 2.60. The Hall–Kier alpha value is -2.10. The first-order valence-electron chi connectivity index (χ1n) is 5.95. The van der Waals surface area contributed by atoms with Crippen LogP contribution < -0.4 is 4.74 Å². The second-order valence-electron chi connectivity index (χ2n) is 3.78. The van der Waals surface area contributed by atoms with E-state index in [1.807, 2.05) is 13.8 Å². The van der Waals surface area contributed by atoms with Gasteiger partial charge in [0.2, 0.25) is 0 Å². The molecule has 0 amide bonds. The minimum Gasteiger partial charge on any atom is -0.492 e. The fourth-order valence-corrected chi connectivity index (χ4v) is 1.76. The molecule has 2 aromatic heterocycles. The van der Waals surface area contributed by atoms with Gasteiger partial charge in [-0.2, -0.15) is 0 Å². The third kappa shape index (κ3) is 2.42. The Morgan fingerprint density at radius 1 is 1.39 bits per heavy atom. The van der Waals surface area contributed by atoms with Crippen LogP contribution in [0.3, 0.4) is 0 Å². The van der Waals surface area contributed by atoms with Gasteiger partial charge in [-0.15, -0.1) is 0 Å². The lowest BCUT2D eigenvalue weighted by molar-refractivity contribution is 0.103. The number of furan rings is 1. The number of hydrogen-bond acceptors (Lipinski definition) is 4. The molecule has 0 spiro atoms. The van der Waals surface area contributed by atoms with Gasteiger partial charge in [0.25, 0.3) is 0 Å². The third-order valence-electron chi connectivity index (χ3n) is 2.60.